The molecule has 0 bridgehead atoms. The number of hydrogen-bond donors (Lipinski definition) is 4. The van der Waals surface area contributed by atoms with Crippen molar-refractivity contribution in [2.45, 2.75) is 103 Å². The molecule has 0 aliphatic rings. The molecule has 0 heterocycles. The average Bonchev–Trinajstić information content (AvgIpc) is 2.62. The van der Waals surface area contributed by atoms with Crippen molar-refractivity contribution < 1.29 is 5.11 Å². The Bertz CT molecular complexity index is 253. The zero-order chi connectivity index (χ0) is 18.4. The van der Waals surface area contributed by atoms with E-state index in [1.807, 2.05) is 0 Å². The van der Waals surface area contributed by atoms with E-state index in [0.717, 1.165) is 52.0 Å². The highest BCUT2D eigenvalue weighted by Crippen LogP contribution is 2.11. The van der Waals surface area contributed by atoms with Crippen molar-refractivity contribution in [1.82, 2.24) is 10.6 Å². The molecule has 0 aliphatic heterocycles. The average molecular weight is 467 g/mol. The highest BCUT2D eigenvalue weighted by molar-refractivity contribution is 5.86. The smallest absolute Gasteiger partial charge is 0.0664 e. The fraction of sp³-hybridized carbons (Fsp3) is 1.00. The largest absolute Gasteiger partial charge is 0.392 e. The first-order chi connectivity index (χ1) is 12.3. The lowest BCUT2D eigenvalue weighted by molar-refractivity contribution is 0.158. The van der Waals surface area contributed by atoms with Crippen molar-refractivity contribution in [1.29, 1.82) is 0 Å². The van der Waals surface area contributed by atoms with Gasteiger partial charge in [0.2, 0.25) is 0 Å². The van der Waals surface area contributed by atoms with Crippen LogP contribution in [0.25, 0.3) is 0 Å². The molecule has 0 aromatic rings. The first kappa shape index (κ1) is 36.1. The van der Waals surface area contributed by atoms with Gasteiger partial charge in [-0.05, 0) is 51.9 Å². The quantitative estimate of drug-likeness (QED) is 0.175. The highest BCUT2D eigenvalue weighted by Gasteiger charge is 2.03. The van der Waals surface area contributed by atoms with Crippen LogP contribution in [0.4, 0.5) is 0 Å². The number of halogens is 3. The van der Waals surface area contributed by atoms with Gasteiger partial charge in [-0.2, -0.15) is 0 Å². The summed E-state index contributed by atoms with van der Waals surface area (Å²) in [5, 5.41) is 16.8. The third-order valence-corrected chi connectivity index (χ3v) is 4.79. The lowest BCUT2D eigenvalue weighted by atomic mass is 10.0. The summed E-state index contributed by atoms with van der Waals surface area (Å²) in [6.07, 6.45) is 17.7. The van der Waals surface area contributed by atoms with Gasteiger partial charge in [-0.25, -0.2) is 0 Å². The Morgan fingerprint density at radius 2 is 1.14 bits per heavy atom. The predicted octanol–water partition coefficient (Wildman–Crippen LogP) is 5.23. The third-order valence-electron chi connectivity index (χ3n) is 4.79. The summed E-state index contributed by atoms with van der Waals surface area (Å²) in [6.45, 7) is 6.90. The molecule has 0 fully saturated rings. The maximum atomic E-state index is 9.98. The summed E-state index contributed by atoms with van der Waals surface area (Å²) in [6, 6.07) is 0. The molecule has 5 N–H and O–H groups in total. The molecular weight excluding hydrogens is 417 g/mol. The monoisotopic (exact) mass is 465 g/mol. The van der Waals surface area contributed by atoms with Gasteiger partial charge in [0, 0.05) is 6.54 Å². The number of unbranched alkanes of at least 4 members (excludes halogenated alkanes) is 10. The lowest BCUT2D eigenvalue weighted by Crippen LogP contribution is -2.29. The van der Waals surface area contributed by atoms with E-state index >= 15 is 0 Å². The van der Waals surface area contributed by atoms with Gasteiger partial charge >= 0.3 is 0 Å². The Hall–Kier alpha value is 0.710. The summed E-state index contributed by atoms with van der Waals surface area (Å²) < 4.78 is 0. The van der Waals surface area contributed by atoms with Gasteiger partial charge in [-0.3, -0.25) is 0 Å². The normalized spacial score (nSPS) is 11.2. The highest BCUT2D eigenvalue weighted by atomic mass is 35.5. The molecule has 1 atom stereocenters. The molecule has 0 spiro atoms. The molecule has 0 saturated carbocycles. The molecule has 0 aliphatic carbocycles. The van der Waals surface area contributed by atoms with Crippen LogP contribution in [-0.4, -0.2) is 43.9 Å². The van der Waals surface area contributed by atoms with Gasteiger partial charge in [0.15, 0.2) is 0 Å². The summed E-state index contributed by atoms with van der Waals surface area (Å²) in [5.74, 6) is 0. The number of rotatable bonds is 21. The Morgan fingerprint density at radius 1 is 0.643 bits per heavy atom. The van der Waals surface area contributed by atoms with Crippen molar-refractivity contribution in [3.63, 3.8) is 0 Å². The number of aliphatic hydroxyl groups is 1. The molecule has 0 aromatic heterocycles. The minimum absolute atomic E-state index is 0. The second-order valence-corrected chi connectivity index (χ2v) is 7.43. The summed E-state index contributed by atoms with van der Waals surface area (Å²) >= 11 is 0. The maximum absolute atomic E-state index is 9.98. The Morgan fingerprint density at radius 3 is 1.71 bits per heavy atom. The summed E-state index contributed by atoms with van der Waals surface area (Å²) in [5.41, 5.74) is 5.46. The van der Waals surface area contributed by atoms with Crippen LogP contribution in [0.15, 0.2) is 0 Å². The fourth-order valence-corrected chi connectivity index (χ4v) is 3.10. The minimum Gasteiger partial charge on any atom is -0.392 e. The van der Waals surface area contributed by atoms with Crippen molar-refractivity contribution in [3.05, 3.63) is 0 Å². The van der Waals surface area contributed by atoms with E-state index in [0.29, 0.717) is 0 Å². The lowest BCUT2D eigenvalue weighted by Gasteiger charge is -2.12. The Kier molecular flexibility index (Phi) is 41.7. The van der Waals surface area contributed by atoms with E-state index in [1.54, 1.807) is 0 Å². The second kappa shape index (κ2) is 32.4. The topological polar surface area (TPSA) is 70.3 Å². The standard InChI is InChI=1S/C21H47N3O.3ClH/c1-2-3-4-5-6-7-8-9-10-11-15-21(25)20-24-19-14-18-23-17-13-12-16-22;;;/h21,23-25H,2-20,22H2,1H3;3*1H. The number of aliphatic hydroxyl groups excluding tert-OH is 1. The van der Waals surface area contributed by atoms with E-state index in [1.165, 1.54) is 70.6 Å². The maximum Gasteiger partial charge on any atom is 0.0664 e. The Labute approximate surface area is 194 Å². The molecule has 1 unspecified atom stereocenters. The van der Waals surface area contributed by atoms with E-state index in [9.17, 15) is 5.11 Å². The van der Waals surface area contributed by atoms with Crippen LogP contribution < -0.4 is 16.4 Å². The molecule has 0 aromatic carbocycles. The van der Waals surface area contributed by atoms with Gasteiger partial charge in [0.25, 0.3) is 0 Å². The molecular formula is C21H50Cl3N3O. The number of nitrogens with one attached hydrogen (secondary N) is 2. The van der Waals surface area contributed by atoms with Gasteiger partial charge in [0.05, 0.1) is 6.10 Å². The molecule has 0 rings (SSSR count). The number of nitrogens with two attached hydrogens (primary N) is 1. The van der Waals surface area contributed by atoms with Crippen LogP contribution in [0, 0.1) is 0 Å². The van der Waals surface area contributed by atoms with Crippen LogP contribution in [0.1, 0.15) is 96.8 Å². The van der Waals surface area contributed by atoms with Gasteiger partial charge in [0.1, 0.15) is 0 Å². The van der Waals surface area contributed by atoms with Gasteiger partial charge in [-0.1, -0.05) is 71.1 Å². The molecule has 0 radical (unpaired) electrons. The van der Waals surface area contributed by atoms with Crippen molar-refractivity contribution in [2.75, 3.05) is 32.7 Å². The van der Waals surface area contributed by atoms with Gasteiger partial charge < -0.3 is 21.5 Å². The molecule has 0 amide bonds. The SMILES string of the molecule is CCCCCCCCCCCCC(O)CNCCCNCCCCN.Cl.Cl.Cl. The molecule has 176 valence electrons. The van der Waals surface area contributed by atoms with Crippen LogP contribution >= 0.6 is 37.2 Å². The van der Waals surface area contributed by atoms with E-state index in [-0.39, 0.29) is 43.3 Å². The van der Waals surface area contributed by atoms with Crippen LogP contribution in [-0.2, 0) is 0 Å². The summed E-state index contributed by atoms with van der Waals surface area (Å²) in [7, 11) is 0. The summed E-state index contributed by atoms with van der Waals surface area (Å²) in [4.78, 5) is 0. The van der Waals surface area contributed by atoms with Crippen LogP contribution in [0.2, 0.25) is 0 Å². The van der Waals surface area contributed by atoms with Crippen LogP contribution in [0.5, 0.6) is 0 Å². The van der Waals surface area contributed by atoms with Crippen molar-refractivity contribution in [3.8, 4) is 0 Å². The zero-order valence-corrected chi connectivity index (χ0v) is 20.7. The van der Waals surface area contributed by atoms with Crippen LogP contribution in [0.3, 0.4) is 0 Å². The Balaban J connectivity index is -0.000000960. The molecule has 7 heteroatoms. The fourth-order valence-electron chi connectivity index (χ4n) is 3.10. The van der Waals surface area contributed by atoms with E-state index < -0.39 is 0 Å². The molecule has 28 heavy (non-hydrogen) atoms. The van der Waals surface area contributed by atoms with Crippen molar-refractivity contribution in [2.24, 2.45) is 5.73 Å². The van der Waals surface area contributed by atoms with E-state index in [2.05, 4.69) is 17.6 Å². The van der Waals surface area contributed by atoms with Gasteiger partial charge in [-0.15, -0.1) is 37.2 Å². The first-order valence-electron chi connectivity index (χ1n) is 11.1. The predicted molar refractivity (Wildman–Crippen MR) is 133 cm³/mol. The zero-order valence-electron chi connectivity index (χ0n) is 18.3. The molecule has 4 nitrogen and oxygen atoms in total. The molecule has 0 saturated heterocycles. The van der Waals surface area contributed by atoms with Crippen molar-refractivity contribution >= 4 is 37.2 Å². The third kappa shape index (κ3) is 31.4. The second-order valence-electron chi connectivity index (χ2n) is 7.43. The van der Waals surface area contributed by atoms with E-state index in [4.69, 9.17) is 5.73 Å². The minimum atomic E-state index is -0.174. The first-order valence-corrected chi connectivity index (χ1v) is 11.1. The number of hydrogen-bond acceptors (Lipinski definition) is 4.